The number of esters is 2. The molecule has 15 nitrogen and oxygen atoms in total. The van der Waals surface area contributed by atoms with Gasteiger partial charge in [0.2, 0.25) is 5.60 Å². The van der Waals surface area contributed by atoms with Crippen molar-refractivity contribution in [3.8, 4) is 23.0 Å². The summed E-state index contributed by atoms with van der Waals surface area (Å²) in [4.78, 5) is 40.9. The lowest BCUT2D eigenvalue weighted by Crippen LogP contribution is -2.90. The van der Waals surface area contributed by atoms with Crippen molar-refractivity contribution in [2.24, 2.45) is 11.8 Å². The number of carbonyl (C=O) groups excluding carboxylic acids is 2. The number of fused-ring (bicyclic) bond motifs is 1. The van der Waals surface area contributed by atoms with Crippen LogP contribution in [0.1, 0.15) is 23.1 Å². The molecule has 2 fully saturated rings. The molecule has 2 heterocycles. The Morgan fingerprint density at radius 2 is 1.43 bits per heavy atom. The van der Waals surface area contributed by atoms with Crippen LogP contribution in [0.25, 0.3) is 12.2 Å². The first-order valence-corrected chi connectivity index (χ1v) is 16.4. The summed E-state index contributed by atoms with van der Waals surface area (Å²) < 4.78 is 18.3. The van der Waals surface area contributed by atoms with Gasteiger partial charge < -0.3 is 55.1 Å². The Labute approximate surface area is 301 Å². The Kier molecular flexibility index (Phi) is 9.47. The molecule has 2 aliphatic heterocycles. The van der Waals surface area contributed by atoms with E-state index < -0.39 is 93.6 Å². The third-order valence-electron chi connectivity index (χ3n) is 10.3. The van der Waals surface area contributed by atoms with Crippen molar-refractivity contribution >= 4 is 30.1 Å². The maximum absolute atomic E-state index is 13.9. The summed E-state index contributed by atoms with van der Waals surface area (Å²) >= 11 is 0. The lowest BCUT2D eigenvalue weighted by molar-refractivity contribution is -0.387. The van der Waals surface area contributed by atoms with Gasteiger partial charge in [-0.1, -0.05) is 42.5 Å². The molecule has 3 aromatic rings. The molecule has 9 N–H and O–H groups in total. The monoisotopic (exact) mass is 731 g/mol. The van der Waals surface area contributed by atoms with E-state index >= 15 is 0 Å². The average molecular weight is 732 g/mol. The van der Waals surface area contributed by atoms with Crippen molar-refractivity contribution in [3.63, 3.8) is 0 Å². The van der Waals surface area contributed by atoms with Gasteiger partial charge in [-0.05, 0) is 72.7 Å². The minimum Gasteiger partial charge on any atom is -0.509 e. The largest absolute Gasteiger partial charge is 0.509 e. The predicted molar refractivity (Wildman–Crippen MR) is 184 cm³/mol. The molecule has 0 radical (unpaired) electrons. The first kappa shape index (κ1) is 36.9. The zero-order chi connectivity index (χ0) is 38.3. The summed E-state index contributed by atoms with van der Waals surface area (Å²) in [6.45, 7) is -0.354. The SMILES string of the molecule is CNC1(O)C2C=C(O)C3(CC(O)(C(=O)O)C(Cc4ccccc4)C(OC(=O)C=Cc4ccc(O)c(O)c4)C31OC(=O)C=Cc1ccc(O)c(O)c1)OC2. The van der Waals surface area contributed by atoms with Crippen LogP contribution in [0.15, 0.2) is 90.7 Å². The Balaban J connectivity index is 1.54. The van der Waals surface area contributed by atoms with Gasteiger partial charge in [0.25, 0.3) is 0 Å². The van der Waals surface area contributed by atoms with Crippen LogP contribution >= 0.6 is 0 Å². The number of phenols is 4. The van der Waals surface area contributed by atoms with E-state index in [1.165, 1.54) is 49.5 Å². The van der Waals surface area contributed by atoms with Crippen molar-refractivity contribution in [1.29, 1.82) is 0 Å². The Hall–Kier alpha value is -5.87. The smallest absolute Gasteiger partial charge is 0.336 e. The second kappa shape index (κ2) is 13.6. The summed E-state index contributed by atoms with van der Waals surface area (Å²) in [7, 11) is 1.31. The molecule has 4 aliphatic rings. The van der Waals surface area contributed by atoms with Crippen molar-refractivity contribution in [2.75, 3.05) is 13.7 Å². The maximum atomic E-state index is 13.9. The van der Waals surface area contributed by atoms with E-state index in [1.807, 2.05) is 0 Å². The summed E-state index contributed by atoms with van der Waals surface area (Å²) in [5.74, 6) is -9.54. The number of hydrogen-bond acceptors (Lipinski definition) is 14. The van der Waals surface area contributed by atoms with Crippen LogP contribution in [0.2, 0.25) is 0 Å². The van der Waals surface area contributed by atoms with Gasteiger partial charge in [0, 0.05) is 24.5 Å². The van der Waals surface area contributed by atoms with Crippen molar-refractivity contribution in [1.82, 2.24) is 5.32 Å². The number of aliphatic hydroxyl groups excluding tert-OH is 1. The minimum atomic E-state index is -2.86. The molecular weight excluding hydrogens is 694 g/mol. The van der Waals surface area contributed by atoms with E-state index in [-0.39, 0.29) is 24.2 Å². The summed E-state index contributed by atoms with van der Waals surface area (Å²) in [6.07, 6.45) is 2.01. The molecule has 0 amide bonds. The van der Waals surface area contributed by atoms with Crippen LogP contribution in [0.4, 0.5) is 0 Å². The summed E-state index contributed by atoms with van der Waals surface area (Å²) in [6, 6.07) is 15.7. The number of rotatable bonds is 10. The molecule has 0 aromatic heterocycles. The highest BCUT2D eigenvalue weighted by Gasteiger charge is 2.85. The summed E-state index contributed by atoms with van der Waals surface area (Å²) in [5.41, 5.74) is -9.62. The molecule has 7 rings (SSSR count). The van der Waals surface area contributed by atoms with Gasteiger partial charge in [-0.3, -0.25) is 5.32 Å². The first-order chi connectivity index (χ1) is 25.1. The standard InChI is InChI=1S/C38H37NO14/c1-39-38(50)24-18-30(44)36(51-19-24)20-35(49,34(47)48)25(15-21-5-3-2-4-6-21)33(52-31(45)13-9-22-7-11-26(40)28(42)16-22)37(36,38)53-32(46)14-10-23-8-12-27(41)29(43)17-23/h2-14,16-18,24-25,33,39-44,49-50H,15,19-20H2,1H3,(H,47,48). The second-order valence-corrected chi connectivity index (χ2v) is 13.2. The van der Waals surface area contributed by atoms with Gasteiger partial charge in [0.1, 0.15) is 5.76 Å². The number of carbonyl (C=O) groups is 3. The van der Waals surface area contributed by atoms with E-state index in [9.17, 15) is 55.2 Å². The molecule has 53 heavy (non-hydrogen) atoms. The lowest BCUT2D eigenvalue weighted by Gasteiger charge is -2.69. The molecule has 7 atom stereocenters. The number of aliphatic carboxylic acids is 1. The highest BCUT2D eigenvalue weighted by Crippen LogP contribution is 2.63. The van der Waals surface area contributed by atoms with Gasteiger partial charge in [-0.15, -0.1) is 0 Å². The molecule has 1 saturated heterocycles. The highest BCUT2D eigenvalue weighted by molar-refractivity contribution is 5.89. The minimum absolute atomic E-state index is 0.233. The molecule has 1 saturated carbocycles. The van der Waals surface area contributed by atoms with Crippen molar-refractivity contribution < 1.29 is 69.4 Å². The molecule has 278 valence electrons. The van der Waals surface area contributed by atoms with Crippen LogP contribution in [-0.4, -0.2) is 101 Å². The summed E-state index contributed by atoms with van der Waals surface area (Å²) in [5, 5.41) is 89.2. The topological polar surface area (TPSA) is 253 Å². The fourth-order valence-electron chi connectivity index (χ4n) is 7.67. The first-order valence-electron chi connectivity index (χ1n) is 16.4. The number of benzene rings is 3. The fraction of sp³-hybridized carbons (Fsp3) is 0.289. The van der Waals surface area contributed by atoms with E-state index in [2.05, 4.69) is 5.32 Å². The molecule has 1 spiro atoms. The number of aliphatic hydroxyl groups is 3. The zero-order valence-corrected chi connectivity index (χ0v) is 28.1. The molecular formula is C38H37NO14. The number of likely N-dealkylation sites (N-methyl/N-ethyl adjacent to an activating group) is 1. The number of carboxylic acids is 1. The molecule has 3 aromatic carbocycles. The van der Waals surface area contributed by atoms with E-state index in [4.69, 9.17) is 14.2 Å². The lowest BCUT2D eigenvalue weighted by atomic mass is 9.49. The van der Waals surface area contributed by atoms with Gasteiger partial charge >= 0.3 is 17.9 Å². The zero-order valence-electron chi connectivity index (χ0n) is 28.1. The molecule has 2 bridgehead atoms. The number of nitrogens with one attached hydrogen (secondary N) is 1. The molecule has 15 heteroatoms. The van der Waals surface area contributed by atoms with E-state index in [1.54, 1.807) is 30.3 Å². The Bertz CT molecular complexity index is 2030. The Morgan fingerprint density at radius 3 is 1.96 bits per heavy atom. The van der Waals surface area contributed by atoms with Gasteiger partial charge in [-0.2, -0.15) is 0 Å². The van der Waals surface area contributed by atoms with Crippen LogP contribution in [-0.2, 0) is 35.0 Å². The fourth-order valence-corrected chi connectivity index (χ4v) is 7.67. The Morgan fingerprint density at radius 1 is 0.849 bits per heavy atom. The number of aromatic hydroxyl groups is 4. The maximum Gasteiger partial charge on any atom is 0.336 e. The van der Waals surface area contributed by atoms with Gasteiger partial charge in [0.15, 0.2) is 46.0 Å². The number of phenolic OH excluding ortho intramolecular Hbond substituents is 4. The van der Waals surface area contributed by atoms with Crippen LogP contribution in [0.5, 0.6) is 23.0 Å². The van der Waals surface area contributed by atoms with E-state index in [0.29, 0.717) is 5.56 Å². The van der Waals surface area contributed by atoms with Crippen molar-refractivity contribution in [3.05, 3.63) is 107 Å². The van der Waals surface area contributed by atoms with Crippen LogP contribution in [0.3, 0.4) is 0 Å². The second-order valence-electron chi connectivity index (χ2n) is 13.2. The van der Waals surface area contributed by atoms with E-state index in [0.717, 1.165) is 24.3 Å². The van der Waals surface area contributed by atoms with Crippen molar-refractivity contribution in [2.45, 2.75) is 41.5 Å². The van der Waals surface area contributed by atoms with Crippen LogP contribution < -0.4 is 5.32 Å². The third-order valence-corrected chi connectivity index (χ3v) is 10.3. The van der Waals surface area contributed by atoms with Crippen LogP contribution in [0, 0.1) is 11.8 Å². The normalized spacial score (nSPS) is 30.5. The van der Waals surface area contributed by atoms with Gasteiger partial charge in [-0.25, -0.2) is 14.4 Å². The number of ether oxygens (including phenoxy) is 3. The van der Waals surface area contributed by atoms with Gasteiger partial charge in [0.05, 0.1) is 12.5 Å². The third kappa shape index (κ3) is 6.02. The average Bonchev–Trinajstić information content (AvgIpc) is 3.13. The highest BCUT2D eigenvalue weighted by atomic mass is 16.6. The molecule has 2 aliphatic carbocycles. The number of hydrogen-bond donors (Lipinski definition) is 9. The predicted octanol–water partition coefficient (Wildman–Crippen LogP) is 2.26. The quantitative estimate of drug-likeness (QED) is 0.0628. The number of carboxylic acid groups (broad SMARTS) is 1. The molecule has 7 unspecified atom stereocenters.